The van der Waals surface area contributed by atoms with Crippen molar-refractivity contribution in [3.63, 3.8) is 0 Å². The summed E-state index contributed by atoms with van der Waals surface area (Å²) in [5, 5.41) is 12.7. The lowest BCUT2D eigenvalue weighted by Gasteiger charge is -2.31. The predicted molar refractivity (Wildman–Crippen MR) is 73.2 cm³/mol. The maximum Gasteiger partial charge on any atom is 0.0558 e. The van der Waals surface area contributed by atoms with E-state index < -0.39 is 0 Å². The Kier molecular flexibility index (Phi) is 7.82. The topological polar surface area (TPSA) is 35.5 Å². The van der Waals surface area contributed by atoms with Crippen LogP contribution in [0.25, 0.3) is 0 Å². The molecule has 0 bridgehead atoms. The summed E-state index contributed by atoms with van der Waals surface area (Å²) in [6, 6.07) is 0.690. The summed E-state index contributed by atoms with van der Waals surface area (Å²) in [5.74, 6) is 0.768. The molecule has 17 heavy (non-hydrogen) atoms. The van der Waals surface area contributed by atoms with Crippen molar-refractivity contribution in [3.05, 3.63) is 0 Å². The highest BCUT2D eigenvalue weighted by Gasteiger charge is 2.24. The highest BCUT2D eigenvalue weighted by molar-refractivity contribution is 4.81. The second kappa shape index (κ2) is 8.90. The Morgan fingerprint density at radius 1 is 1.18 bits per heavy atom. The van der Waals surface area contributed by atoms with Gasteiger partial charge in [-0.05, 0) is 31.8 Å². The summed E-state index contributed by atoms with van der Waals surface area (Å²) in [7, 11) is 0. The van der Waals surface area contributed by atoms with E-state index in [1.165, 1.54) is 32.1 Å². The van der Waals surface area contributed by atoms with E-state index in [0.29, 0.717) is 6.04 Å². The van der Waals surface area contributed by atoms with Crippen molar-refractivity contribution >= 4 is 0 Å². The van der Waals surface area contributed by atoms with Crippen molar-refractivity contribution in [2.24, 2.45) is 5.92 Å². The van der Waals surface area contributed by atoms with Crippen LogP contribution in [0.5, 0.6) is 0 Å². The first kappa shape index (κ1) is 14.9. The molecule has 1 aliphatic rings. The minimum absolute atomic E-state index is 0.284. The van der Waals surface area contributed by atoms with Gasteiger partial charge in [-0.3, -0.25) is 0 Å². The van der Waals surface area contributed by atoms with Gasteiger partial charge in [-0.1, -0.05) is 33.1 Å². The summed E-state index contributed by atoms with van der Waals surface area (Å²) >= 11 is 0. The maximum atomic E-state index is 9.06. The van der Waals surface area contributed by atoms with Crippen LogP contribution in [0.2, 0.25) is 0 Å². The van der Waals surface area contributed by atoms with E-state index in [1.807, 2.05) is 0 Å². The molecular formula is C14H30N2O. The number of rotatable bonds is 7. The van der Waals surface area contributed by atoms with E-state index >= 15 is 0 Å². The third kappa shape index (κ3) is 5.36. The van der Waals surface area contributed by atoms with Crippen LogP contribution in [-0.2, 0) is 0 Å². The van der Waals surface area contributed by atoms with Gasteiger partial charge in [0.15, 0.2) is 0 Å². The average molecular weight is 242 g/mol. The molecule has 0 aromatic heterocycles. The Morgan fingerprint density at radius 2 is 1.94 bits per heavy atom. The average Bonchev–Trinajstić information content (AvgIpc) is 2.55. The van der Waals surface area contributed by atoms with Gasteiger partial charge in [0.05, 0.1) is 6.61 Å². The molecule has 0 aromatic rings. The maximum absolute atomic E-state index is 9.06. The molecule has 3 heteroatoms. The fourth-order valence-corrected chi connectivity index (χ4v) is 2.99. The molecule has 0 radical (unpaired) electrons. The zero-order valence-corrected chi connectivity index (χ0v) is 11.6. The molecule has 0 saturated heterocycles. The molecule has 1 rings (SSSR count). The molecule has 0 aliphatic heterocycles. The van der Waals surface area contributed by atoms with Gasteiger partial charge in [0.25, 0.3) is 0 Å². The van der Waals surface area contributed by atoms with Gasteiger partial charge in [0.2, 0.25) is 0 Å². The van der Waals surface area contributed by atoms with Crippen molar-refractivity contribution in [2.45, 2.75) is 52.0 Å². The number of aliphatic hydroxyl groups excluding tert-OH is 1. The largest absolute Gasteiger partial charge is 0.395 e. The van der Waals surface area contributed by atoms with Crippen LogP contribution in [0.15, 0.2) is 0 Å². The molecule has 1 aliphatic carbocycles. The monoisotopic (exact) mass is 242 g/mol. The summed E-state index contributed by atoms with van der Waals surface area (Å²) in [6.45, 7) is 8.78. The van der Waals surface area contributed by atoms with Gasteiger partial charge in [-0.2, -0.15) is 0 Å². The van der Waals surface area contributed by atoms with Crippen molar-refractivity contribution in [3.8, 4) is 0 Å². The van der Waals surface area contributed by atoms with Crippen molar-refractivity contribution in [1.82, 2.24) is 10.2 Å². The van der Waals surface area contributed by atoms with Gasteiger partial charge in [0.1, 0.15) is 0 Å². The minimum atomic E-state index is 0.284. The molecule has 2 atom stereocenters. The molecule has 0 amide bonds. The molecule has 2 unspecified atom stereocenters. The first-order valence-corrected chi connectivity index (χ1v) is 7.38. The zero-order chi connectivity index (χ0) is 12.5. The lowest BCUT2D eigenvalue weighted by atomic mass is 9.94. The number of hydrogen-bond acceptors (Lipinski definition) is 3. The molecule has 3 nitrogen and oxygen atoms in total. The summed E-state index contributed by atoms with van der Waals surface area (Å²) in [4.78, 5) is 2.39. The van der Waals surface area contributed by atoms with Crippen LogP contribution in [-0.4, -0.2) is 48.8 Å². The van der Waals surface area contributed by atoms with Crippen LogP contribution in [0.3, 0.4) is 0 Å². The normalized spacial score (nSPS) is 26.1. The van der Waals surface area contributed by atoms with Gasteiger partial charge in [0, 0.05) is 19.1 Å². The smallest absolute Gasteiger partial charge is 0.0558 e. The van der Waals surface area contributed by atoms with E-state index in [1.54, 1.807) is 0 Å². The van der Waals surface area contributed by atoms with Crippen LogP contribution in [0.1, 0.15) is 46.0 Å². The number of likely N-dealkylation sites (N-methyl/N-ethyl adjacent to an activating group) is 1. The van der Waals surface area contributed by atoms with Crippen molar-refractivity contribution < 1.29 is 5.11 Å². The van der Waals surface area contributed by atoms with Crippen molar-refractivity contribution in [1.29, 1.82) is 0 Å². The molecule has 0 heterocycles. The van der Waals surface area contributed by atoms with E-state index in [2.05, 4.69) is 24.1 Å². The Bertz CT molecular complexity index is 187. The number of nitrogens with one attached hydrogen (secondary N) is 1. The molecular weight excluding hydrogens is 212 g/mol. The third-order valence-corrected chi connectivity index (χ3v) is 3.98. The predicted octanol–water partition coefficient (Wildman–Crippen LogP) is 1.86. The minimum Gasteiger partial charge on any atom is -0.395 e. The van der Waals surface area contributed by atoms with Crippen LogP contribution in [0.4, 0.5) is 0 Å². The highest BCUT2D eigenvalue weighted by Crippen LogP contribution is 2.24. The Balaban J connectivity index is 2.49. The number of aliphatic hydroxyl groups is 1. The fraction of sp³-hybridized carbons (Fsp3) is 1.00. The standard InChI is InChI=1S/C14H30N2O/c1-3-15-14-9-7-5-6-8-13(14)12-16(4-2)10-11-17/h13-15,17H,3-12H2,1-2H3. The third-order valence-electron chi connectivity index (χ3n) is 3.98. The van der Waals surface area contributed by atoms with Gasteiger partial charge in [-0.15, -0.1) is 0 Å². The lowest BCUT2D eigenvalue weighted by Crippen LogP contribution is -2.42. The Morgan fingerprint density at radius 3 is 2.59 bits per heavy atom. The number of hydrogen-bond donors (Lipinski definition) is 2. The Hall–Kier alpha value is -0.120. The first-order valence-electron chi connectivity index (χ1n) is 7.38. The zero-order valence-electron chi connectivity index (χ0n) is 11.6. The molecule has 0 aromatic carbocycles. The van der Waals surface area contributed by atoms with E-state index in [0.717, 1.165) is 32.1 Å². The highest BCUT2D eigenvalue weighted by atomic mass is 16.3. The van der Waals surface area contributed by atoms with Crippen LogP contribution >= 0.6 is 0 Å². The molecule has 102 valence electrons. The SMILES string of the molecule is CCNC1CCCCCC1CN(CC)CCO. The van der Waals surface area contributed by atoms with Crippen LogP contribution < -0.4 is 5.32 Å². The Labute approximate surface area is 107 Å². The molecule has 2 N–H and O–H groups in total. The van der Waals surface area contributed by atoms with Gasteiger partial charge >= 0.3 is 0 Å². The van der Waals surface area contributed by atoms with E-state index in [-0.39, 0.29) is 6.61 Å². The van der Waals surface area contributed by atoms with Crippen molar-refractivity contribution in [2.75, 3.05) is 32.8 Å². The van der Waals surface area contributed by atoms with Gasteiger partial charge in [-0.25, -0.2) is 0 Å². The molecule has 1 fully saturated rings. The summed E-state index contributed by atoms with van der Waals surface area (Å²) in [5.41, 5.74) is 0. The second-order valence-corrected chi connectivity index (χ2v) is 5.18. The second-order valence-electron chi connectivity index (χ2n) is 5.18. The van der Waals surface area contributed by atoms with E-state index in [9.17, 15) is 0 Å². The summed E-state index contributed by atoms with van der Waals surface area (Å²) < 4.78 is 0. The first-order chi connectivity index (χ1) is 8.31. The molecule has 1 saturated carbocycles. The quantitative estimate of drug-likeness (QED) is 0.669. The molecule has 0 spiro atoms. The summed E-state index contributed by atoms with van der Waals surface area (Å²) in [6.07, 6.45) is 6.82. The van der Waals surface area contributed by atoms with Gasteiger partial charge < -0.3 is 15.3 Å². The fourth-order valence-electron chi connectivity index (χ4n) is 2.99. The van der Waals surface area contributed by atoms with E-state index in [4.69, 9.17) is 5.11 Å². The van der Waals surface area contributed by atoms with Crippen LogP contribution in [0, 0.1) is 5.92 Å². The lowest BCUT2D eigenvalue weighted by molar-refractivity contribution is 0.162. The number of nitrogens with zero attached hydrogens (tertiary/aromatic N) is 1.